The minimum absolute atomic E-state index is 1.12. The van der Waals surface area contributed by atoms with Crippen LogP contribution in [0, 0.1) is 0 Å². The highest BCUT2D eigenvalue weighted by molar-refractivity contribution is 7.22. The van der Waals surface area contributed by atoms with Crippen LogP contribution < -0.4 is 4.90 Å². The third-order valence-corrected chi connectivity index (χ3v) is 11.9. The van der Waals surface area contributed by atoms with Gasteiger partial charge in [-0.1, -0.05) is 133 Å². The topological polar surface area (TPSA) is 3.24 Å². The summed E-state index contributed by atoms with van der Waals surface area (Å²) in [5.41, 5.74) is 12.2. The second kappa shape index (κ2) is 11.5. The Balaban J connectivity index is 1.06. The monoisotopic (exact) mass is 677 g/mol. The number of hydrogen-bond acceptors (Lipinski definition) is 2. The molecular weight excluding hydrogens is 647 g/mol. The van der Waals surface area contributed by atoms with Gasteiger partial charge in [-0.3, -0.25) is 0 Å². The smallest absolute Gasteiger partial charge is 0.0468 e. The average Bonchev–Trinajstić information content (AvgIpc) is 3.79. The molecule has 0 aliphatic heterocycles. The van der Waals surface area contributed by atoms with Crippen LogP contribution in [0.4, 0.5) is 17.1 Å². The van der Waals surface area contributed by atoms with Crippen LogP contribution in [-0.4, -0.2) is 0 Å². The first-order valence-electron chi connectivity index (χ1n) is 17.8. The molecule has 0 saturated carbocycles. The van der Waals surface area contributed by atoms with E-state index in [0.29, 0.717) is 0 Å². The second-order valence-electron chi connectivity index (χ2n) is 13.7. The van der Waals surface area contributed by atoms with E-state index < -0.39 is 0 Å². The van der Waals surface area contributed by atoms with Crippen molar-refractivity contribution >= 4 is 70.8 Å². The quantitative estimate of drug-likeness (QED) is 0.164. The number of rotatable bonds is 5. The SMILES string of the molecule is c1cc(-c2ccc3ccc4ccccc4c3c2)cc(N(c2ccc(-c3cc4ccccc4s3)cc2)c2ccc3c(c2)-c2cccc4cccc-3c24)c1. The Bertz CT molecular complexity index is 2980. The minimum atomic E-state index is 1.12. The Morgan fingerprint density at radius 3 is 1.81 bits per heavy atom. The third-order valence-electron chi connectivity index (χ3n) is 10.8. The molecule has 52 heavy (non-hydrogen) atoms. The van der Waals surface area contributed by atoms with E-state index in [-0.39, 0.29) is 0 Å². The van der Waals surface area contributed by atoms with Gasteiger partial charge in [0, 0.05) is 26.6 Å². The second-order valence-corrected chi connectivity index (χ2v) is 14.8. The Labute approximate surface area is 306 Å². The third kappa shape index (κ3) is 4.62. The van der Waals surface area contributed by atoms with E-state index in [2.05, 4.69) is 193 Å². The van der Waals surface area contributed by atoms with Crippen molar-refractivity contribution in [3.8, 4) is 43.8 Å². The summed E-state index contributed by atoms with van der Waals surface area (Å²) in [6, 6.07) is 69.4. The van der Waals surface area contributed by atoms with Gasteiger partial charge in [-0.25, -0.2) is 0 Å². The van der Waals surface area contributed by atoms with E-state index in [1.54, 1.807) is 0 Å². The molecule has 1 heterocycles. The molecule has 1 nitrogen and oxygen atoms in total. The Hall–Kier alpha value is -6.48. The highest BCUT2D eigenvalue weighted by Crippen LogP contribution is 2.50. The first-order chi connectivity index (χ1) is 25.7. The lowest BCUT2D eigenvalue weighted by Gasteiger charge is -2.27. The Morgan fingerprint density at radius 2 is 0.962 bits per heavy atom. The highest BCUT2D eigenvalue weighted by atomic mass is 32.1. The van der Waals surface area contributed by atoms with Crippen LogP contribution in [0.2, 0.25) is 0 Å². The van der Waals surface area contributed by atoms with Crippen molar-refractivity contribution in [1.29, 1.82) is 0 Å². The van der Waals surface area contributed by atoms with Crippen LogP contribution in [0.1, 0.15) is 0 Å². The predicted octanol–water partition coefficient (Wildman–Crippen LogP) is 14.8. The van der Waals surface area contributed by atoms with Crippen molar-refractivity contribution in [2.24, 2.45) is 0 Å². The fourth-order valence-corrected chi connectivity index (χ4v) is 9.34. The van der Waals surface area contributed by atoms with E-state index in [0.717, 1.165) is 17.1 Å². The highest BCUT2D eigenvalue weighted by Gasteiger charge is 2.23. The molecule has 9 aromatic carbocycles. The first-order valence-corrected chi connectivity index (χ1v) is 18.6. The molecular formula is C50H31NS. The molecule has 0 unspecified atom stereocenters. The van der Waals surface area contributed by atoms with Gasteiger partial charge in [-0.2, -0.15) is 0 Å². The number of nitrogens with zero attached hydrogens (tertiary/aromatic N) is 1. The normalized spacial score (nSPS) is 11.8. The van der Waals surface area contributed by atoms with Crippen molar-refractivity contribution in [1.82, 2.24) is 0 Å². The van der Waals surface area contributed by atoms with Crippen molar-refractivity contribution in [3.63, 3.8) is 0 Å². The largest absolute Gasteiger partial charge is 0.310 e. The molecule has 0 atom stereocenters. The maximum atomic E-state index is 2.41. The molecule has 0 amide bonds. The lowest BCUT2D eigenvalue weighted by atomic mass is 9.96. The fraction of sp³-hybridized carbons (Fsp3) is 0. The van der Waals surface area contributed by atoms with Gasteiger partial charge in [0.05, 0.1) is 0 Å². The van der Waals surface area contributed by atoms with Crippen LogP contribution in [-0.2, 0) is 0 Å². The van der Waals surface area contributed by atoms with Crippen LogP contribution in [0.15, 0.2) is 188 Å². The molecule has 0 fully saturated rings. The number of hydrogen-bond donors (Lipinski definition) is 0. The standard InChI is InChI=1S/C50H31NS/c1-3-14-42-32(8-1)18-19-33-20-21-37(29-46(33)42)36-12-5-13-40(28-36)51(39-24-22-34(23-25-39)49-30-38-9-2-4-17-48(38)52-49)41-26-27-43-44-15-6-10-35-11-7-16-45(50(35)44)47(43)31-41/h1-31H. The summed E-state index contributed by atoms with van der Waals surface area (Å²) in [5.74, 6) is 0. The zero-order valence-electron chi connectivity index (χ0n) is 28.3. The summed E-state index contributed by atoms with van der Waals surface area (Å²) in [6.45, 7) is 0. The maximum Gasteiger partial charge on any atom is 0.0468 e. The molecule has 1 aromatic heterocycles. The molecule has 0 saturated heterocycles. The fourth-order valence-electron chi connectivity index (χ4n) is 8.27. The Morgan fingerprint density at radius 1 is 0.327 bits per heavy atom. The van der Waals surface area contributed by atoms with Crippen LogP contribution >= 0.6 is 11.3 Å². The molecule has 0 N–H and O–H groups in total. The van der Waals surface area contributed by atoms with Gasteiger partial charge in [0.1, 0.15) is 0 Å². The summed E-state index contributed by atoms with van der Waals surface area (Å²) < 4.78 is 1.32. The van der Waals surface area contributed by atoms with Gasteiger partial charge in [0.15, 0.2) is 0 Å². The molecule has 242 valence electrons. The molecule has 11 rings (SSSR count). The molecule has 1 aliphatic carbocycles. The van der Waals surface area contributed by atoms with Gasteiger partial charge >= 0.3 is 0 Å². The molecule has 0 radical (unpaired) electrons. The van der Waals surface area contributed by atoms with Gasteiger partial charge in [0.2, 0.25) is 0 Å². The van der Waals surface area contributed by atoms with Crippen LogP contribution in [0.25, 0.3) is 86.2 Å². The van der Waals surface area contributed by atoms with Gasteiger partial charge in [-0.15, -0.1) is 11.3 Å². The van der Waals surface area contributed by atoms with Gasteiger partial charge in [-0.05, 0) is 131 Å². The number of benzene rings is 9. The van der Waals surface area contributed by atoms with Crippen molar-refractivity contribution in [2.75, 3.05) is 4.90 Å². The summed E-state index contributed by atoms with van der Waals surface area (Å²) in [7, 11) is 0. The van der Waals surface area contributed by atoms with Crippen LogP contribution in [0.5, 0.6) is 0 Å². The van der Waals surface area contributed by atoms with Crippen LogP contribution in [0.3, 0.4) is 0 Å². The van der Waals surface area contributed by atoms with Crippen molar-refractivity contribution in [3.05, 3.63) is 188 Å². The van der Waals surface area contributed by atoms with Gasteiger partial charge in [0.25, 0.3) is 0 Å². The lowest BCUT2D eigenvalue weighted by Crippen LogP contribution is -2.10. The number of thiophene rings is 1. The average molecular weight is 678 g/mol. The molecule has 0 spiro atoms. The first kappa shape index (κ1) is 29.3. The zero-order chi connectivity index (χ0) is 34.2. The summed E-state index contributed by atoms with van der Waals surface area (Å²) in [5, 5.41) is 9.02. The van der Waals surface area contributed by atoms with E-state index in [1.807, 2.05) is 11.3 Å². The number of anilines is 3. The van der Waals surface area contributed by atoms with Gasteiger partial charge < -0.3 is 4.90 Å². The number of fused-ring (bicyclic) bond motifs is 7. The summed E-state index contributed by atoms with van der Waals surface area (Å²) >= 11 is 1.85. The molecule has 0 bridgehead atoms. The van der Waals surface area contributed by atoms with E-state index >= 15 is 0 Å². The van der Waals surface area contributed by atoms with E-state index in [9.17, 15) is 0 Å². The minimum Gasteiger partial charge on any atom is -0.310 e. The van der Waals surface area contributed by atoms with E-state index in [1.165, 1.54) is 86.2 Å². The molecule has 1 aliphatic rings. The lowest BCUT2D eigenvalue weighted by molar-refractivity contribution is 1.29. The Kier molecular flexibility index (Phi) is 6.49. The maximum absolute atomic E-state index is 2.41. The molecule has 2 heteroatoms. The molecule has 10 aromatic rings. The predicted molar refractivity (Wildman–Crippen MR) is 224 cm³/mol. The zero-order valence-corrected chi connectivity index (χ0v) is 29.1. The summed E-state index contributed by atoms with van der Waals surface area (Å²) in [6.07, 6.45) is 0. The summed E-state index contributed by atoms with van der Waals surface area (Å²) in [4.78, 5) is 3.70. The van der Waals surface area contributed by atoms with E-state index in [4.69, 9.17) is 0 Å². The van der Waals surface area contributed by atoms with Crippen molar-refractivity contribution in [2.45, 2.75) is 0 Å². The van der Waals surface area contributed by atoms with Crippen molar-refractivity contribution < 1.29 is 0 Å².